The van der Waals surface area contributed by atoms with E-state index in [1.54, 1.807) is 32.9 Å². The van der Waals surface area contributed by atoms with Crippen molar-refractivity contribution >= 4 is 56.8 Å². The van der Waals surface area contributed by atoms with Gasteiger partial charge in [0.2, 0.25) is 11.0 Å². The van der Waals surface area contributed by atoms with Crippen molar-refractivity contribution in [3.63, 3.8) is 0 Å². The Morgan fingerprint density at radius 1 is 1.16 bits per heavy atom. The van der Waals surface area contributed by atoms with Crippen molar-refractivity contribution in [2.75, 3.05) is 6.26 Å². The lowest BCUT2D eigenvalue weighted by Gasteiger charge is -2.37. The molecule has 0 N–H and O–H groups in total. The third-order valence-electron chi connectivity index (χ3n) is 5.20. The van der Waals surface area contributed by atoms with Gasteiger partial charge in [0, 0.05) is 39.5 Å². The number of alkyl halides is 1. The summed E-state index contributed by atoms with van der Waals surface area (Å²) in [7, 11) is -1.23. The van der Waals surface area contributed by atoms with Crippen molar-refractivity contribution in [2.24, 2.45) is 5.41 Å². The monoisotopic (exact) mass is 580 g/mol. The lowest BCUT2D eigenvalue weighted by atomic mass is 10.00. The molecule has 10 nitrogen and oxygen atoms in total. The smallest absolute Gasteiger partial charge is 0.359 e. The molecule has 1 aliphatic heterocycles. The average molecular weight is 581 g/mol. The minimum absolute atomic E-state index is 0.0249. The number of β-lactam (4-membered cyclic amide) rings is 1. The van der Waals surface area contributed by atoms with Crippen molar-refractivity contribution in [1.29, 1.82) is 0 Å². The maximum Gasteiger partial charge on any atom is 0.359 e. The van der Waals surface area contributed by atoms with Gasteiger partial charge in [-0.25, -0.2) is 4.79 Å². The van der Waals surface area contributed by atoms with Crippen LogP contribution in [0.1, 0.15) is 32.8 Å². The van der Waals surface area contributed by atoms with E-state index in [2.05, 4.69) is 0 Å². The largest absolute Gasteiger partial charge is 0.456 e. The summed E-state index contributed by atoms with van der Waals surface area (Å²) in [6.45, 7) is 4.81. The highest BCUT2D eigenvalue weighted by molar-refractivity contribution is 8.16. The lowest BCUT2D eigenvalue weighted by molar-refractivity contribution is -0.384. The highest BCUT2D eigenvalue weighted by atomic mass is 35.5. The van der Waals surface area contributed by atoms with Gasteiger partial charge in [-0.1, -0.05) is 32.4 Å². The molecule has 0 aromatic heterocycles. The number of thioether (sulfide) groups is 1. The maximum atomic E-state index is 13.3. The highest BCUT2D eigenvalue weighted by Gasteiger charge is 2.43. The van der Waals surface area contributed by atoms with Crippen molar-refractivity contribution in [2.45, 2.75) is 44.2 Å². The number of nitrogens with zero attached hydrogens (tertiary/aromatic N) is 2. The number of hydrogen-bond donors (Lipinski definition) is 0. The van der Waals surface area contributed by atoms with Gasteiger partial charge in [0.25, 0.3) is 5.69 Å². The van der Waals surface area contributed by atoms with Crippen molar-refractivity contribution in [3.05, 3.63) is 75.0 Å². The Balaban J connectivity index is 1.99. The van der Waals surface area contributed by atoms with Gasteiger partial charge in [-0.2, -0.15) is 0 Å². The molecule has 0 bridgehead atoms. The SMILES string of the molecule is CS(=O)c1ccc(OC(SC(=O)C(C)(C)C)=C(C(=O)OCc2ccc([N+](=O)[O-])cc2)N2C(=O)CC2Cl)cc1. The Morgan fingerprint density at radius 2 is 1.76 bits per heavy atom. The quantitative estimate of drug-likeness (QED) is 0.0603. The molecule has 0 saturated carbocycles. The zero-order chi connectivity index (χ0) is 28.2. The summed E-state index contributed by atoms with van der Waals surface area (Å²) in [6.07, 6.45) is 1.50. The number of nitro benzene ring substituents is 1. The van der Waals surface area contributed by atoms with Crippen LogP contribution in [0.25, 0.3) is 0 Å². The van der Waals surface area contributed by atoms with Gasteiger partial charge in [-0.05, 0) is 53.7 Å². The first kappa shape index (κ1) is 29.3. The van der Waals surface area contributed by atoms with Crippen LogP contribution in [0.3, 0.4) is 0 Å². The Morgan fingerprint density at radius 3 is 2.24 bits per heavy atom. The van der Waals surface area contributed by atoms with Gasteiger partial charge in [0.15, 0.2) is 10.8 Å². The first-order chi connectivity index (χ1) is 17.8. The van der Waals surface area contributed by atoms with E-state index >= 15 is 0 Å². The minimum atomic E-state index is -1.23. The number of amides is 1. The minimum Gasteiger partial charge on any atom is -0.456 e. The number of non-ortho nitro benzene ring substituents is 1. The third-order valence-corrected chi connectivity index (χ3v) is 7.75. The van der Waals surface area contributed by atoms with Gasteiger partial charge < -0.3 is 9.47 Å². The van der Waals surface area contributed by atoms with E-state index in [4.69, 9.17) is 21.1 Å². The van der Waals surface area contributed by atoms with E-state index in [9.17, 15) is 28.7 Å². The predicted octanol–water partition coefficient (Wildman–Crippen LogP) is 4.73. The number of rotatable bonds is 9. The van der Waals surface area contributed by atoms with E-state index in [0.29, 0.717) is 22.2 Å². The van der Waals surface area contributed by atoms with E-state index in [1.165, 1.54) is 42.7 Å². The number of nitro groups is 1. The Hall–Kier alpha value is -3.22. The molecule has 38 heavy (non-hydrogen) atoms. The number of benzene rings is 2. The average Bonchev–Trinajstić information content (AvgIpc) is 2.85. The van der Waals surface area contributed by atoms with Gasteiger partial charge in [0.05, 0.1) is 11.3 Å². The van der Waals surface area contributed by atoms with Gasteiger partial charge in [-0.15, -0.1) is 0 Å². The Bertz CT molecular complexity index is 1300. The Kier molecular flexibility index (Phi) is 9.34. The molecular weight excluding hydrogens is 556 g/mol. The first-order valence-electron chi connectivity index (χ1n) is 11.2. The van der Waals surface area contributed by atoms with E-state index < -0.39 is 38.5 Å². The van der Waals surface area contributed by atoms with Crippen LogP contribution in [0.15, 0.2) is 64.2 Å². The zero-order valence-electron chi connectivity index (χ0n) is 21.0. The van der Waals surface area contributed by atoms with Crippen LogP contribution >= 0.6 is 23.4 Å². The summed E-state index contributed by atoms with van der Waals surface area (Å²) in [5, 5.41) is 10.3. The summed E-state index contributed by atoms with van der Waals surface area (Å²) in [4.78, 5) is 50.7. The molecule has 2 unspecified atom stereocenters. The fourth-order valence-electron chi connectivity index (χ4n) is 3.01. The molecule has 1 heterocycles. The van der Waals surface area contributed by atoms with E-state index in [-0.39, 0.29) is 40.4 Å². The van der Waals surface area contributed by atoms with Crippen LogP contribution in [0.2, 0.25) is 0 Å². The number of ether oxygens (including phenoxy) is 2. The van der Waals surface area contributed by atoms with Crippen molar-refractivity contribution in [3.8, 4) is 5.75 Å². The van der Waals surface area contributed by atoms with Gasteiger partial charge in [0.1, 0.15) is 17.9 Å². The Labute approximate surface area is 230 Å². The number of likely N-dealkylation sites (tertiary alicyclic amines) is 1. The molecule has 1 fully saturated rings. The molecule has 3 rings (SSSR count). The number of hydrogen-bond acceptors (Lipinski definition) is 9. The summed E-state index contributed by atoms with van der Waals surface area (Å²) in [5.41, 5.74) is -1.69. The summed E-state index contributed by atoms with van der Waals surface area (Å²) < 4.78 is 23.1. The zero-order valence-corrected chi connectivity index (χ0v) is 23.4. The molecule has 2 atom stereocenters. The number of carbonyl (C=O) groups excluding carboxylic acids is 3. The second kappa shape index (κ2) is 12.1. The van der Waals surface area contributed by atoms with E-state index in [1.807, 2.05) is 0 Å². The summed E-state index contributed by atoms with van der Waals surface area (Å²) >= 11 is 6.89. The fraction of sp³-hybridized carbons (Fsp3) is 0.320. The molecule has 2 aromatic rings. The van der Waals surface area contributed by atoms with Crippen molar-refractivity contribution < 1.29 is 33.0 Å². The summed E-state index contributed by atoms with van der Waals surface area (Å²) in [5.74, 6) is -1.21. The molecule has 1 saturated heterocycles. The van der Waals surface area contributed by atoms with Crippen LogP contribution in [0.5, 0.6) is 5.75 Å². The normalized spacial score (nSPS) is 16.7. The third kappa shape index (κ3) is 7.21. The predicted molar refractivity (Wildman–Crippen MR) is 142 cm³/mol. The molecule has 2 aromatic carbocycles. The molecule has 1 aliphatic rings. The molecule has 202 valence electrons. The van der Waals surface area contributed by atoms with E-state index in [0.717, 1.165) is 4.90 Å². The number of halogens is 1. The molecular formula is C25H25ClN2O8S2. The first-order valence-corrected chi connectivity index (χ1v) is 14.0. The molecule has 0 aliphatic carbocycles. The fourth-order valence-corrected chi connectivity index (χ4v) is 4.76. The van der Waals surface area contributed by atoms with Crippen LogP contribution in [0, 0.1) is 15.5 Å². The lowest BCUT2D eigenvalue weighted by Crippen LogP contribution is -2.51. The second-order valence-electron chi connectivity index (χ2n) is 9.21. The standard InChI is InChI=1S/C25H25ClN2O8S2/c1-25(2,3)24(31)37-23(36-17-9-11-18(12-10-17)38(4)34)21(27-19(26)13-20(27)29)22(30)35-14-15-5-7-16(8-6-15)28(32)33/h5-12,19H,13-14H2,1-4H3. The molecule has 0 spiro atoms. The summed E-state index contributed by atoms with van der Waals surface area (Å²) in [6, 6.07) is 11.6. The van der Waals surface area contributed by atoms with Crippen LogP contribution in [-0.2, 0) is 36.5 Å². The van der Waals surface area contributed by atoms with Gasteiger partial charge >= 0.3 is 5.97 Å². The second-order valence-corrected chi connectivity index (χ2v) is 12.0. The molecule has 13 heteroatoms. The maximum absolute atomic E-state index is 13.3. The number of esters is 1. The topological polar surface area (TPSA) is 133 Å². The molecule has 0 radical (unpaired) electrons. The van der Waals surface area contributed by atoms with Crippen molar-refractivity contribution in [1.82, 2.24) is 4.90 Å². The van der Waals surface area contributed by atoms with Crippen LogP contribution in [-0.4, -0.2) is 42.8 Å². The molecule has 1 amide bonds. The highest BCUT2D eigenvalue weighted by Crippen LogP contribution is 2.37. The number of carbonyl (C=O) groups is 3. The van der Waals surface area contributed by atoms with Crippen LogP contribution < -0.4 is 4.74 Å². The van der Waals surface area contributed by atoms with Crippen LogP contribution in [0.4, 0.5) is 5.69 Å². The van der Waals surface area contributed by atoms with Gasteiger partial charge in [-0.3, -0.25) is 28.8 Å².